The van der Waals surface area contributed by atoms with Gasteiger partial charge in [0.1, 0.15) is 5.76 Å². The summed E-state index contributed by atoms with van der Waals surface area (Å²) in [5.41, 5.74) is 6.78. The molecule has 1 aromatic heterocycles. The average Bonchev–Trinajstić information content (AvgIpc) is 2.78. The molecular formula is C13H15BrN2O3S. The summed E-state index contributed by atoms with van der Waals surface area (Å²) in [6, 6.07) is 8.31. The second kappa shape index (κ2) is 5.59. The van der Waals surface area contributed by atoms with Crippen molar-refractivity contribution in [2.45, 2.75) is 18.4 Å². The largest absolute Gasteiger partial charge is 0.453 e. The molecule has 2 rings (SSSR count). The van der Waals surface area contributed by atoms with E-state index in [1.807, 2.05) is 0 Å². The van der Waals surface area contributed by atoms with Crippen LogP contribution in [0.5, 0.6) is 0 Å². The Kier molecular flexibility index (Phi) is 4.22. The first-order valence-corrected chi connectivity index (χ1v) is 8.11. The van der Waals surface area contributed by atoms with E-state index >= 15 is 0 Å². The second-order valence-electron chi connectivity index (χ2n) is 4.44. The predicted molar refractivity (Wildman–Crippen MR) is 80.7 cm³/mol. The van der Waals surface area contributed by atoms with E-state index in [9.17, 15) is 8.42 Å². The molecule has 0 fully saturated rings. The van der Waals surface area contributed by atoms with E-state index < -0.39 is 10.0 Å². The Balaban J connectivity index is 2.32. The fourth-order valence-electron chi connectivity index (χ4n) is 1.82. The third-order valence-electron chi connectivity index (χ3n) is 3.02. The molecule has 7 heteroatoms. The highest BCUT2D eigenvalue weighted by molar-refractivity contribution is 9.10. The topological polar surface area (TPSA) is 76.5 Å². The zero-order chi connectivity index (χ0) is 14.9. The molecule has 1 aromatic carbocycles. The Morgan fingerprint density at radius 3 is 2.60 bits per heavy atom. The number of nitrogen functional groups attached to an aromatic ring is 1. The maximum absolute atomic E-state index is 12.5. The van der Waals surface area contributed by atoms with Crippen LogP contribution in [0, 0.1) is 6.92 Å². The fraction of sp³-hybridized carbons (Fsp3) is 0.231. The van der Waals surface area contributed by atoms with Crippen molar-refractivity contribution < 1.29 is 12.8 Å². The molecule has 0 aliphatic carbocycles. The van der Waals surface area contributed by atoms with Crippen molar-refractivity contribution in [3.63, 3.8) is 0 Å². The normalized spacial score (nSPS) is 12.0. The van der Waals surface area contributed by atoms with Gasteiger partial charge in [-0.3, -0.25) is 0 Å². The van der Waals surface area contributed by atoms with Gasteiger partial charge < -0.3 is 10.2 Å². The molecule has 0 aliphatic rings. The van der Waals surface area contributed by atoms with Gasteiger partial charge in [-0.1, -0.05) is 6.07 Å². The molecule has 0 radical (unpaired) electrons. The highest BCUT2D eigenvalue weighted by Gasteiger charge is 2.24. The summed E-state index contributed by atoms with van der Waals surface area (Å²) in [6.07, 6.45) is 0. The Hall–Kier alpha value is -1.31. The summed E-state index contributed by atoms with van der Waals surface area (Å²) in [5, 5.41) is 0. The highest BCUT2D eigenvalue weighted by atomic mass is 79.9. The van der Waals surface area contributed by atoms with E-state index in [4.69, 9.17) is 10.2 Å². The summed E-state index contributed by atoms with van der Waals surface area (Å²) < 4.78 is 32.2. The Bertz CT molecular complexity index is 725. The fourth-order valence-corrected chi connectivity index (χ4v) is 3.55. The molecule has 0 spiro atoms. The van der Waals surface area contributed by atoms with E-state index in [1.54, 1.807) is 37.3 Å². The molecule has 108 valence electrons. The van der Waals surface area contributed by atoms with Crippen LogP contribution in [0.25, 0.3) is 0 Å². The molecule has 0 saturated heterocycles. The Morgan fingerprint density at radius 2 is 2.00 bits per heavy atom. The second-order valence-corrected chi connectivity index (χ2v) is 7.23. The Labute approximate surface area is 126 Å². The van der Waals surface area contributed by atoms with Gasteiger partial charge in [0.15, 0.2) is 4.67 Å². The van der Waals surface area contributed by atoms with E-state index in [2.05, 4.69) is 15.9 Å². The SMILES string of the molecule is Cc1c(N)cccc1S(=O)(=O)N(C)Cc1ccc(Br)o1. The van der Waals surface area contributed by atoms with Gasteiger partial charge in [-0.15, -0.1) is 0 Å². The molecule has 20 heavy (non-hydrogen) atoms. The maximum atomic E-state index is 12.5. The lowest BCUT2D eigenvalue weighted by Crippen LogP contribution is -2.27. The van der Waals surface area contributed by atoms with Gasteiger partial charge in [-0.05, 0) is 52.7 Å². The summed E-state index contributed by atoms with van der Waals surface area (Å²) >= 11 is 3.19. The minimum Gasteiger partial charge on any atom is -0.453 e. The zero-order valence-corrected chi connectivity index (χ0v) is 13.5. The van der Waals surface area contributed by atoms with Gasteiger partial charge in [0.25, 0.3) is 0 Å². The van der Waals surface area contributed by atoms with Crippen LogP contribution in [-0.4, -0.2) is 19.8 Å². The molecule has 0 bridgehead atoms. The molecule has 0 aliphatic heterocycles. The highest BCUT2D eigenvalue weighted by Crippen LogP contribution is 2.25. The van der Waals surface area contributed by atoms with Gasteiger partial charge in [-0.2, -0.15) is 4.31 Å². The standard InChI is InChI=1S/C13H15BrN2O3S/c1-9-11(15)4-3-5-12(9)20(17,18)16(2)8-10-6-7-13(14)19-10/h3-7H,8,15H2,1-2H3. The number of benzene rings is 1. The number of nitrogens with two attached hydrogens (primary N) is 1. The van der Waals surface area contributed by atoms with Crippen molar-refractivity contribution in [1.29, 1.82) is 0 Å². The van der Waals surface area contributed by atoms with Crippen LogP contribution in [0.4, 0.5) is 5.69 Å². The molecule has 5 nitrogen and oxygen atoms in total. The number of nitrogens with zero attached hydrogens (tertiary/aromatic N) is 1. The van der Waals surface area contributed by atoms with Crippen LogP contribution in [-0.2, 0) is 16.6 Å². The minimum atomic E-state index is -3.60. The maximum Gasteiger partial charge on any atom is 0.243 e. The summed E-state index contributed by atoms with van der Waals surface area (Å²) in [4.78, 5) is 0.214. The van der Waals surface area contributed by atoms with E-state index in [1.165, 1.54) is 11.4 Å². The number of sulfonamides is 1. The predicted octanol–water partition coefficient (Wildman–Crippen LogP) is 2.75. The van der Waals surface area contributed by atoms with Crippen LogP contribution in [0.3, 0.4) is 0 Å². The number of rotatable bonds is 4. The first-order chi connectivity index (χ1) is 9.32. The van der Waals surface area contributed by atoms with Crippen LogP contribution >= 0.6 is 15.9 Å². The van der Waals surface area contributed by atoms with Crippen molar-refractivity contribution in [3.05, 3.63) is 46.3 Å². The number of anilines is 1. The minimum absolute atomic E-state index is 0.155. The number of hydrogen-bond donors (Lipinski definition) is 1. The third-order valence-corrected chi connectivity index (χ3v) is 5.40. The van der Waals surface area contributed by atoms with Crippen LogP contribution in [0.15, 0.2) is 44.3 Å². The van der Waals surface area contributed by atoms with E-state index in [0.29, 0.717) is 21.7 Å². The molecule has 0 unspecified atom stereocenters. The zero-order valence-electron chi connectivity index (χ0n) is 11.1. The van der Waals surface area contributed by atoms with Gasteiger partial charge in [0, 0.05) is 12.7 Å². The van der Waals surface area contributed by atoms with Crippen LogP contribution in [0.1, 0.15) is 11.3 Å². The van der Waals surface area contributed by atoms with Crippen molar-refractivity contribution >= 4 is 31.6 Å². The lowest BCUT2D eigenvalue weighted by molar-refractivity contribution is 0.398. The number of hydrogen-bond acceptors (Lipinski definition) is 4. The average molecular weight is 359 g/mol. The van der Waals surface area contributed by atoms with Crippen molar-refractivity contribution in [1.82, 2.24) is 4.31 Å². The number of halogens is 1. The summed E-state index contributed by atoms with van der Waals surface area (Å²) in [7, 11) is -2.09. The van der Waals surface area contributed by atoms with E-state index in [-0.39, 0.29) is 11.4 Å². The van der Waals surface area contributed by atoms with Gasteiger partial charge in [-0.25, -0.2) is 8.42 Å². The number of furan rings is 1. The van der Waals surface area contributed by atoms with Gasteiger partial charge in [0.05, 0.1) is 11.4 Å². The quantitative estimate of drug-likeness (QED) is 0.852. The summed E-state index contributed by atoms with van der Waals surface area (Å²) in [6.45, 7) is 1.85. The van der Waals surface area contributed by atoms with Crippen molar-refractivity contribution in [2.75, 3.05) is 12.8 Å². The lowest BCUT2D eigenvalue weighted by atomic mass is 10.2. The molecule has 0 atom stereocenters. The summed E-state index contributed by atoms with van der Waals surface area (Å²) in [5.74, 6) is 0.560. The Morgan fingerprint density at radius 1 is 1.30 bits per heavy atom. The van der Waals surface area contributed by atoms with Crippen molar-refractivity contribution in [3.8, 4) is 0 Å². The monoisotopic (exact) mass is 358 g/mol. The first kappa shape index (κ1) is 15.1. The van der Waals surface area contributed by atoms with Gasteiger partial charge in [0.2, 0.25) is 10.0 Å². The lowest BCUT2D eigenvalue weighted by Gasteiger charge is -2.18. The smallest absolute Gasteiger partial charge is 0.243 e. The van der Waals surface area contributed by atoms with Crippen LogP contribution < -0.4 is 5.73 Å². The van der Waals surface area contributed by atoms with Crippen LogP contribution in [0.2, 0.25) is 0 Å². The molecule has 2 N–H and O–H groups in total. The van der Waals surface area contributed by atoms with E-state index in [0.717, 1.165) is 0 Å². The van der Waals surface area contributed by atoms with Crippen molar-refractivity contribution in [2.24, 2.45) is 0 Å². The molecular weight excluding hydrogens is 344 g/mol. The third kappa shape index (κ3) is 2.89. The molecule has 1 heterocycles. The molecule has 2 aromatic rings. The molecule has 0 saturated carbocycles. The van der Waals surface area contributed by atoms with Gasteiger partial charge >= 0.3 is 0 Å². The molecule has 0 amide bonds. The first-order valence-electron chi connectivity index (χ1n) is 5.88.